The fraction of sp³-hybridized carbons (Fsp3) is 0.133. The van der Waals surface area contributed by atoms with Crippen molar-refractivity contribution in [3.63, 3.8) is 0 Å². The molecule has 0 saturated heterocycles. The lowest BCUT2D eigenvalue weighted by Gasteiger charge is -2.05. The third-order valence-electron chi connectivity index (χ3n) is 3.25. The van der Waals surface area contributed by atoms with Crippen LogP contribution in [-0.2, 0) is 0 Å². The highest BCUT2D eigenvalue weighted by Crippen LogP contribution is 2.21. The second-order valence-corrected chi connectivity index (χ2v) is 4.89. The van der Waals surface area contributed by atoms with E-state index in [1.807, 2.05) is 6.92 Å². The van der Waals surface area contributed by atoms with Gasteiger partial charge in [-0.15, -0.1) is 0 Å². The van der Waals surface area contributed by atoms with Gasteiger partial charge in [-0.2, -0.15) is 24.1 Å². The molecule has 0 fully saturated rings. The van der Waals surface area contributed by atoms with Gasteiger partial charge >= 0.3 is 6.55 Å². The third kappa shape index (κ3) is 3.17. The molecule has 7 nitrogen and oxygen atoms in total. The zero-order chi connectivity index (χ0) is 17.1. The van der Waals surface area contributed by atoms with Crippen LogP contribution >= 0.6 is 0 Å². The van der Waals surface area contributed by atoms with E-state index < -0.39 is 6.55 Å². The molecule has 0 aliphatic rings. The topological polar surface area (TPSA) is 92.3 Å². The van der Waals surface area contributed by atoms with E-state index in [1.54, 1.807) is 18.2 Å². The van der Waals surface area contributed by atoms with Crippen molar-refractivity contribution in [1.82, 2.24) is 24.7 Å². The molecule has 3 aromatic rings. The number of alkyl halides is 2. The van der Waals surface area contributed by atoms with E-state index in [0.717, 1.165) is 11.8 Å². The number of benzene rings is 1. The summed E-state index contributed by atoms with van der Waals surface area (Å²) in [6, 6.07) is 7.39. The van der Waals surface area contributed by atoms with Gasteiger partial charge in [-0.25, -0.2) is 14.6 Å². The predicted molar refractivity (Wildman–Crippen MR) is 81.5 cm³/mol. The number of nitrogens with one attached hydrogen (secondary N) is 1. The molecular formula is C15H11F2N7. The molecule has 0 atom stereocenters. The van der Waals surface area contributed by atoms with Gasteiger partial charge in [-0.1, -0.05) is 12.1 Å². The van der Waals surface area contributed by atoms with Gasteiger partial charge in [0.05, 0.1) is 29.7 Å². The smallest absolute Gasteiger partial charge is 0.321 e. The van der Waals surface area contributed by atoms with Gasteiger partial charge in [0.1, 0.15) is 6.33 Å². The Kier molecular flexibility index (Phi) is 4.11. The van der Waals surface area contributed by atoms with Gasteiger partial charge in [0.2, 0.25) is 5.95 Å². The van der Waals surface area contributed by atoms with Crippen molar-refractivity contribution < 1.29 is 8.78 Å². The minimum Gasteiger partial charge on any atom is -0.321 e. The Labute approximate surface area is 135 Å². The van der Waals surface area contributed by atoms with Crippen LogP contribution < -0.4 is 5.32 Å². The normalized spacial score (nSPS) is 10.6. The average Bonchev–Trinajstić information content (AvgIpc) is 3.04. The quantitative estimate of drug-likeness (QED) is 0.792. The zero-order valence-electron chi connectivity index (χ0n) is 12.5. The lowest BCUT2D eigenvalue weighted by atomic mass is 10.1. The average molecular weight is 327 g/mol. The van der Waals surface area contributed by atoms with Crippen LogP contribution in [0, 0.1) is 18.3 Å². The van der Waals surface area contributed by atoms with Crippen molar-refractivity contribution in [1.29, 1.82) is 5.26 Å². The Morgan fingerprint density at radius 3 is 2.83 bits per heavy atom. The molecule has 0 radical (unpaired) electrons. The monoisotopic (exact) mass is 327 g/mol. The zero-order valence-corrected chi connectivity index (χ0v) is 12.5. The van der Waals surface area contributed by atoms with E-state index in [2.05, 4.69) is 31.4 Å². The van der Waals surface area contributed by atoms with E-state index in [0.29, 0.717) is 27.3 Å². The summed E-state index contributed by atoms with van der Waals surface area (Å²) in [4.78, 5) is 12.3. The van der Waals surface area contributed by atoms with Crippen molar-refractivity contribution in [2.75, 3.05) is 5.32 Å². The summed E-state index contributed by atoms with van der Waals surface area (Å²) >= 11 is 0. The summed E-state index contributed by atoms with van der Waals surface area (Å²) in [7, 11) is 0. The highest BCUT2D eigenvalue weighted by Gasteiger charge is 2.10. The molecule has 2 heterocycles. The highest BCUT2D eigenvalue weighted by molar-refractivity contribution is 5.61. The molecule has 0 spiro atoms. The summed E-state index contributed by atoms with van der Waals surface area (Å²) in [5.74, 6) is 0.554. The van der Waals surface area contributed by atoms with Crippen molar-refractivity contribution in [2.45, 2.75) is 13.5 Å². The Bertz CT molecular complexity index is 914. The number of nitrogens with zero attached hydrogens (tertiary/aromatic N) is 6. The minimum absolute atomic E-state index is 0.188. The molecule has 0 amide bonds. The van der Waals surface area contributed by atoms with E-state index in [1.165, 1.54) is 12.5 Å². The molecule has 0 aliphatic heterocycles. The van der Waals surface area contributed by atoms with Gasteiger partial charge in [0, 0.05) is 5.56 Å². The number of halogens is 2. The van der Waals surface area contributed by atoms with Gasteiger partial charge in [-0.05, 0) is 18.6 Å². The van der Waals surface area contributed by atoms with E-state index in [4.69, 9.17) is 5.26 Å². The van der Waals surface area contributed by atoms with E-state index in [-0.39, 0.29) is 5.95 Å². The van der Waals surface area contributed by atoms with Crippen molar-refractivity contribution >= 4 is 11.6 Å². The molecule has 0 aliphatic carbocycles. The Morgan fingerprint density at radius 2 is 2.12 bits per heavy atom. The molecule has 3 rings (SSSR count). The molecule has 2 aromatic heterocycles. The number of hydrogen-bond donors (Lipinski definition) is 1. The molecule has 1 N–H and O–H groups in total. The van der Waals surface area contributed by atoms with Crippen LogP contribution in [0.15, 0.2) is 36.9 Å². The Morgan fingerprint density at radius 1 is 1.29 bits per heavy atom. The first kappa shape index (κ1) is 15.5. The standard InChI is InChI=1S/C15H11F2N7/c1-9-2-3-10(4-11(9)5-18)13-19-8-20-15(23-13)22-12-6-21-24(7-12)14(16)17/h2-4,6-8,14H,1H3,(H,19,20,22,23). The van der Waals surface area contributed by atoms with Gasteiger partial charge in [0.15, 0.2) is 5.82 Å². The number of rotatable bonds is 4. The lowest BCUT2D eigenvalue weighted by molar-refractivity contribution is 0.0566. The van der Waals surface area contributed by atoms with Gasteiger partial charge < -0.3 is 5.32 Å². The molecule has 24 heavy (non-hydrogen) atoms. The van der Waals surface area contributed by atoms with Crippen molar-refractivity contribution in [3.8, 4) is 17.5 Å². The number of aryl methyl sites for hydroxylation is 1. The number of anilines is 2. The van der Waals surface area contributed by atoms with Crippen LogP contribution in [-0.4, -0.2) is 24.7 Å². The molecule has 0 saturated carbocycles. The maximum Gasteiger partial charge on any atom is 0.333 e. The van der Waals surface area contributed by atoms with Gasteiger partial charge in [-0.3, -0.25) is 0 Å². The number of aromatic nitrogens is 5. The summed E-state index contributed by atoms with van der Waals surface area (Å²) in [5, 5.41) is 15.4. The first-order chi connectivity index (χ1) is 11.6. The summed E-state index contributed by atoms with van der Waals surface area (Å²) in [6.07, 6.45) is 3.69. The van der Waals surface area contributed by atoms with Crippen molar-refractivity contribution in [3.05, 3.63) is 48.0 Å². The van der Waals surface area contributed by atoms with Gasteiger partial charge in [0.25, 0.3) is 0 Å². The fourth-order valence-corrected chi connectivity index (χ4v) is 2.02. The molecular weight excluding hydrogens is 316 g/mol. The lowest BCUT2D eigenvalue weighted by Crippen LogP contribution is -2.00. The van der Waals surface area contributed by atoms with Crippen LogP contribution in [0.4, 0.5) is 20.4 Å². The molecule has 1 aromatic carbocycles. The SMILES string of the molecule is Cc1ccc(-c2ncnc(Nc3cnn(C(F)F)c3)n2)cc1C#N. The summed E-state index contributed by atoms with van der Waals surface area (Å²) in [5.41, 5.74) is 2.37. The van der Waals surface area contributed by atoms with Crippen molar-refractivity contribution in [2.24, 2.45) is 0 Å². The largest absolute Gasteiger partial charge is 0.333 e. The van der Waals surface area contributed by atoms with Crippen LogP contribution in [0.3, 0.4) is 0 Å². The summed E-state index contributed by atoms with van der Waals surface area (Å²) in [6.45, 7) is -0.880. The van der Waals surface area contributed by atoms with E-state index in [9.17, 15) is 8.78 Å². The minimum atomic E-state index is -2.72. The molecule has 0 bridgehead atoms. The number of nitriles is 1. The Hall–Kier alpha value is -3.41. The third-order valence-corrected chi connectivity index (χ3v) is 3.25. The predicted octanol–water partition coefficient (Wildman–Crippen LogP) is 3.05. The van der Waals surface area contributed by atoms with Crippen LogP contribution in [0.5, 0.6) is 0 Å². The van der Waals surface area contributed by atoms with Crippen LogP contribution in [0.2, 0.25) is 0 Å². The molecule has 120 valence electrons. The first-order valence-corrected chi connectivity index (χ1v) is 6.86. The second-order valence-electron chi connectivity index (χ2n) is 4.89. The second kappa shape index (κ2) is 6.37. The molecule has 0 unspecified atom stereocenters. The first-order valence-electron chi connectivity index (χ1n) is 6.86. The maximum atomic E-state index is 12.5. The Balaban J connectivity index is 1.87. The summed E-state index contributed by atoms with van der Waals surface area (Å²) < 4.78 is 25.5. The van der Waals surface area contributed by atoms with Crippen LogP contribution in [0.1, 0.15) is 17.7 Å². The molecule has 9 heteroatoms. The highest BCUT2D eigenvalue weighted by atomic mass is 19.3. The fourth-order valence-electron chi connectivity index (χ4n) is 2.02. The maximum absolute atomic E-state index is 12.5. The van der Waals surface area contributed by atoms with E-state index >= 15 is 0 Å². The number of hydrogen-bond acceptors (Lipinski definition) is 6. The van der Waals surface area contributed by atoms with Crippen LogP contribution in [0.25, 0.3) is 11.4 Å².